The summed E-state index contributed by atoms with van der Waals surface area (Å²) in [5, 5.41) is 5.45. The number of thiophene rings is 1. The van der Waals surface area contributed by atoms with E-state index in [0.717, 1.165) is 29.4 Å². The number of thioether (sulfide) groups is 1. The summed E-state index contributed by atoms with van der Waals surface area (Å²) in [4.78, 5) is 13.5. The lowest BCUT2D eigenvalue weighted by Gasteiger charge is -2.32. The van der Waals surface area contributed by atoms with E-state index in [1.54, 1.807) is 23.1 Å². The van der Waals surface area contributed by atoms with E-state index in [1.807, 2.05) is 0 Å². The monoisotopic (exact) mass is 321 g/mol. The van der Waals surface area contributed by atoms with Gasteiger partial charge < -0.3 is 5.32 Å². The highest BCUT2D eigenvalue weighted by atomic mass is 32.2. The molecule has 4 rings (SSSR count). The van der Waals surface area contributed by atoms with Gasteiger partial charge in [0.25, 0.3) is 0 Å². The molecule has 0 aromatic carbocycles. The van der Waals surface area contributed by atoms with Crippen molar-refractivity contribution in [3.63, 3.8) is 0 Å². The molecule has 1 N–H and O–H groups in total. The van der Waals surface area contributed by atoms with Crippen LogP contribution in [0.5, 0.6) is 0 Å². The number of fused-ring (bicyclic) bond motifs is 5. The maximum atomic E-state index is 12.2. The molecular weight excluding hydrogens is 298 g/mol. The molecule has 0 spiro atoms. The van der Waals surface area contributed by atoms with Crippen molar-refractivity contribution in [3.8, 4) is 0 Å². The zero-order valence-electron chi connectivity index (χ0n) is 12.3. The molecule has 1 aromatic rings. The van der Waals surface area contributed by atoms with Gasteiger partial charge in [0.2, 0.25) is 5.91 Å². The van der Waals surface area contributed by atoms with Gasteiger partial charge in [0, 0.05) is 16.7 Å². The summed E-state index contributed by atoms with van der Waals surface area (Å²) < 4.78 is 0. The summed E-state index contributed by atoms with van der Waals surface area (Å²) in [5.74, 6) is 5.50. The molecule has 114 valence electrons. The molecular formula is C17H23NOS2. The molecule has 0 radical (unpaired) electrons. The van der Waals surface area contributed by atoms with E-state index in [1.165, 1.54) is 37.0 Å². The van der Waals surface area contributed by atoms with Crippen LogP contribution in [0.15, 0.2) is 17.5 Å². The van der Waals surface area contributed by atoms with Crippen LogP contribution < -0.4 is 5.32 Å². The lowest BCUT2D eigenvalue weighted by molar-refractivity contribution is -0.119. The fourth-order valence-electron chi connectivity index (χ4n) is 5.12. The van der Waals surface area contributed by atoms with Crippen LogP contribution >= 0.6 is 23.1 Å². The molecule has 3 aliphatic carbocycles. The Balaban J connectivity index is 1.24. The van der Waals surface area contributed by atoms with Crippen molar-refractivity contribution in [1.82, 2.24) is 5.32 Å². The number of carbonyl (C=O) groups is 1. The quantitative estimate of drug-likeness (QED) is 0.890. The maximum Gasteiger partial charge on any atom is 0.230 e. The Labute approximate surface area is 135 Å². The normalized spacial score (nSPS) is 36.9. The van der Waals surface area contributed by atoms with Gasteiger partial charge in [-0.1, -0.05) is 12.5 Å². The van der Waals surface area contributed by atoms with Crippen LogP contribution in [0.2, 0.25) is 0 Å². The van der Waals surface area contributed by atoms with E-state index < -0.39 is 0 Å². The number of carbonyl (C=O) groups excluding carboxylic acids is 1. The van der Waals surface area contributed by atoms with Gasteiger partial charge in [-0.05, 0) is 60.8 Å². The zero-order chi connectivity index (χ0) is 14.2. The van der Waals surface area contributed by atoms with Crippen LogP contribution in [0.4, 0.5) is 0 Å². The molecule has 1 aromatic heterocycles. The van der Waals surface area contributed by atoms with Crippen molar-refractivity contribution >= 4 is 29.0 Å². The first-order chi connectivity index (χ1) is 10.3. The third kappa shape index (κ3) is 2.77. The minimum atomic E-state index is 0.253. The van der Waals surface area contributed by atoms with E-state index in [4.69, 9.17) is 0 Å². The van der Waals surface area contributed by atoms with Gasteiger partial charge in [-0.25, -0.2) is 0 Å². The second-order valence-electron chi connectivity index (χ2n) is 6.90. The number of amides is 1. The van der Waals surface area contributed by atoms with Gasteiger partial charge in [0.1, 0.15) is 0 Å². The molecule has 2 bridgehead atoms. The highest BCUT2D eigenvalue weighted by Crippen LogP contribution is 2.58. The lowest BCUT2D eigenvalue weighted by Crippen LogP contribution is -2.43. The van der Waals surface area contributed by atoms with Crippen LogP contribution in [-0.2, 0) is 10.5 Å². The zero-order valence-corrected chi connectivity index (χ0v) is 13.9. The Bertz CT molecular complexity index is 501. The van der Waals surface area contributed by atoms with E-state index in [0.29, 0.717) is 11.8 Å². The molecule has 1 amide bonds. The highest BCUT2D eigenvalue weighted by Gasteiger charge is 2.53. The van der Waals surface area contributed by atoms with Gasteiger partial charge >= 0.3 is 0 Å². The van der Waals surface area contributed by atoms with Gasteiger partial charge in [0.15, 0.2) is 0 Å². The van der Waals surface area contributed by atoms with Crippen LogP contribution in [0.25, 0.3) is 0 Å². The minimum absolute atomic E-state index is 0.253. The van der Waals surface area contributed by atoms with Crippen molar-refractivity contribution in [2.45, 2.75) is 43.9 Å². The molecule has 0 aliphatic heterocycles. The predicted octanol–water partition coefficient (Wildman–Crippen LogP) is 3.92. The first-order valence-corrected chi connectivity index (χ1v) is 10.2. The standard InChI is InChI=1S/C17H23NOS2/c19-17(10-20-9-12-3-2-6-21-12)18-16-8-11-7-15(16)14-5-1-4-13(11)14/h2-3,6,11,13-16H,1,4-5,7-10H2,(H,18,19). The van der Waals surface area contributed by atoms with Crippen LogP contribution in [-0.4, -0.2) is 17.7 Å². The smallest absolute Gasteiger partial charge is 0.230 e. The first-order valence-electron chi connectivity index (χ1n) is 8.21. The maximum absolute atomic E-state index is 12.2. The Hall–Kier alpha value is -0.480. The summed E-state index contributed by atoms with van der Waals surface area (Å²) in [5.41, 5.74) is 0. The van der Waals surface area contributed by atoms with Crippen molar-refractivity contribution in [1.29, 1.82) is 0 Å². The summed E-state index contributed by atoms with van der Waals surface area (Å²) in [7, 11) is 0. The van der Waals surface area contributed by atoms with E-state index in [2.05, 4.69) is 22.8 Å². The molecule has 2 nitrogen and oxygen atoms in total. The molecule has 21 heavy (non-hydrogen) atoms. The number of rotatable bonds is 5. The van der Waals surface area contributed by atoms with Crippen LogP contribution in [0, 0.1) is 23.7 Å². The van der Waals surface area contributed by atoms with Gasteiger partial charge in [-0.15, -0.1) is 23.1 Å². The molecule has 0 saturated heterocycles. The molecule has 3 aliphatic rings. The predicted molar refractivity (Wildman–Crippen MR) is 89.5 cm³/mol. The van der Waals surface area contributed by atoms with Crippen LogP contribution in [0.1, 0.15) is 37.0 Å². The lowest BCUT2D eigenvalue weighted by atomic mass is 9.79. The molecule has 4 heteroatoms. The van der Waals surface area contributed by atoms with E-state index >= 15 is 0 Å². The Morgan fingerprint density at radius 3 is 3.05 bits per heavy atom. The average Bonchev–Trinajstić information content (AvgIpc) is 3.21. The van der Waals surface area contributed by atoms with E-state index in [9.17, 15) is 4.79 Å². The number of hydrogen-bond donors (Lipinski definition) is 1. The van der Waals surface area contributed by atoms with E-state index in [-0.39, 0.29) is 5.91 Å². The fourth-order valence-corrected chi connectivity index (χ4v) is 6.80. The van der Waals surface area contributed by atoms with Gasteiger partial charge in [-0.2, -0.15) is 0 Å². The average molecular weight is 322 g/mol. The van der Waals surface area contributed by atoms with Crippen molar-refractivity contribution in [3.05, 3.63) is 22.4 Å². The topological polar surface area (TPSA) is 29.1 Å². The Kier molecular flexibility index (Phi) is 4.01. The minimum Gasteiger partial charge on any atom is -0.352 e. The third-order valence-electron chi connectivity index (χ3n) is 5.83. The largest absolute Gasteiger partial charge is 0.352 e. The fraction of sp³-hybridized carbons (Fsp3) is 0.706. The Morgan fingerprint density at radius 2 is 2.19 bits per heavy atom. The first kappa shape index (κ1) is 14.1. The third-order valence-corrected chi connectivity index (χ3v) is 7.87. The second-order valence-corrected chi connectivity index (χ2v) is 8.92. The number of nitrogens with one attached hydrogen (secondary N) is 1. The molecule has 5 atom stereocenters. The summed E-state index contributed by atoms with van der Waals surface area (Å²) >= 11 is 3.52. The van der Waals surface area contributed by atoms with Crippen molar-refractivity contribution < 1.29 is 4.79 Å². The van der Waals surface area contributed by atoms with Gasteiger partial charge in [0.05, 0.1) is 5.75 Å². The van der Waals surface area contributed by atoms with Crippen LogP contribution in [0.3, 0.4) is 0 Å². The summed E-state index contributed by atoms with van der Waals surface area (Å²) in [6.07, 6.45) is 6.96. The molecule has 3 saturated carbocycles. The molecule has 1 heterocycles. The highest BCUT2D eigenvalue weighted by molar-refractivity contribution is 7.99. The second kappa shape index (κ2) is 5.96. The van der Waals surface area contributed by atoms with Crippen molar-refractivity contribution in [2.24, 2.45) is 23.7 Å². The Morgan fingerprint density at radius 1 is 1.29 bits per heavy atom. The number of hydrogen-bond acceptors (Lipinski definition) is 3. The molecule has 3 fully saturated rings. The summed E-state index contributed by atoms with van der Waals surface area (Å²) in [6, 6.07) is 4.71. The van der Waals surface area contributed by atoms with Crippen molar-refractivity contribution in [2.75, 3.05) is 5.75 Å². The SMILES string of the molecule is O=C(CSCc1cccs1)NC1CC2CC1C1CCCC21. The van der Waals surface area contributed by atoms with Gasteiger partial charge in [-0.3, -0.25) is 4.79 Å². The summed E-state index contributed by atoms with van der Waals surface area (Å²) in [6.45, 7) is 0. The molecule has 5 unspecified atom stereocenters.